The fraction of sp³-hybridized carbons (Fsp3) is 0.200. The maximum atomic E-state index is 12.1. The van der Waals surface area contributed by atoms with Crippen molar-refractivity contribution in [2.45, 2.75) is 27.3 Å². The zero-order valence-electron chi connectivity index (χ0n) is 18.1. The Labute approximate surface area is 185 Å². The third-order valence-electron chi connectivity index (χ3n) is 5.71. The van der Waals surface area contributed by atoms with Gasteiger partial charge < -0.3 is 15.0 Å². The van der Waals surface area contributed by atoms with Crippen LogP contribution in [0, 0.1) is 29.6 Å². The van der Waals surface area contributed by atoms with Crippen molar-refractivity contribution in [2.24, 2.45) is 0 Å². The van der Waals surface area contributed by atoms with Crippen LogP contribution in [0.2, 0.25) is 0 Å². The van der Waals surface area contributed by atoms with Crippen LogP contribution in [-0.2, 0) is 16.1 Å². The van der Waals surface area contributed by atoms with Crippen molar-refractivity contribution in [2.75, 3.05) is 12.3 Å². The number of benzene rings is 1. The first-order chi connectivity index (χ1) is 15.4. The summed E-state index contributed by atoms with van der Waals surface area (Å²) in [6, 6.07) is 12.1. The van der Waals surface area contributed by atoms with Gasteiger partial charge in [0.15, 0.2) is 0 Å². The zero-order chi connectivity index (χ0) is 23.0. The first-order valence-corrected chi connectivity index (χ1v) is 10.2. The lowest BCUT2D eigenvalue weighted by Gasteiger charge is -2.10. The van der Waals surface area contributed by atoms with Crippen molar-refractivity contribution in [3.05, 3.63) is 64.0 Å². The first kappa shape index (κ1) is 20.9. The topological polar surface area (TPSA) is 118 Å². The van der Waals surface area contributed by atoms with Crippen LogP contribution in [0.25, 0.3) is 28.1 Å². The quantitative estimate of drug-likeness (QED) is 0.628. The molecule has 2 N–H and O–H groups in total. The number of carbonyl (C=O) groups excluding carboxylic acids is 1. The van der Waals surface area contributed by atoms with Gasteiger partial charge in [0.1, 0.15) is 24.5 Å². The molecule has 0 saturated carbocycles. The number of nitriles is 2. The van der Waals surface area contributed by atoms with Gasteiger partial charge >= 0.3 is 5.97 Å². The Morgan fingerprint density at radius 3 is 2.69 bits per heavy atom. The summed E-state index contributed by atoms with van der Waals surface area (Å²) in [7, 11) is 0. The Kier molecular flexibility index (Phi) is 5.26. The molecule has 7 heteroatoms. The van der Waals surface area contributed by atoms with E-state index in [0.717, 1.165) is 33.2 Å². The van der Waals surface area contributed by atoms with E-state index in [0.29, 0.717) is 29.0 Å². The van der Waals surface area contributed by atoms with Gasteiger partial charge in [-0.25, -0.2) is 4.98 Å². The van der Waals surface area contributed by atoms with Gasteiger partial charge in [-0.3, -0.25) is 4.79 Å². The van der Waals surface area contributed by atoms with Crippen LogP contribution >= 0.6 is 0 Å². The molecule has 0 fully saturated rings. The number of allylic oxidation sites excluding steroid dienone is 3. The molecule has 7 nitrogen and oxygen atoms in total. The largest absolute Gasteiger partial charge is 0.465 e. The van der Waals surface area contributed by atoms with Crippen LogP contribution in [0.4, 0.5) is 5.82 Å². The number of aromatic nitrogens is 2. The smallest absolute Gasteiger partial charge is 0.325 e. The average Bonchev–Trinajstić information content (AvgIpc) is 3.23. The van der Waals surface area contributed by atoms with Gasteiger partial charge in [0, 0.05) is 28.2 Å². The Bertz CT molecular complexity index is 1430. The molecule has 0 spiro atoms. The predicted octanol–water partition coefficient (Wildman–Crippen LogP) is 4.21. The van der Waals surface area contributed by atoms with Crippen molar-refractivity contribution in [1.29, 1.82) is 10.5 Å². The average molecular weight is 423 g/mol. The predicted molar refractivity (Wildman–Crippen MR) is 123 cm³/mol. The molecule has 2 heterocycles. The monoisotopic (exact) mass is 423 g/mol. The van der Waals surface area contributed by atoms with Crippen LogP contribution in [0.3, 0.4) is 0 Å². The van der Waals surface area contributed by atoms with Gasteiger partial charge in [-0.05, 0) is 49.6 Å². The molecule has 0 radical (unpaired) electrons. The highest BCUT2D eigenvalue weighted by Gasteiger charge is 2.30. The number of para-hydroxylation sites is 1. The summed E-state index contributed by atoms with van der Waals surface area (Å²) in [6.07, 6.45) is 3.88. The van der Waals surface area contributed by atoms with Crippen LogP contribution < -0.4 is 5.73 Å². The molecule has 3 aromatic rings. The number of nitrogens with zero attached hydrogens (tertiary/aromatic N) is 4. The van der Waals surface area contributed by atoms with Crippen molar-refractivity contribution in [3.8, 4) is 12.1 Å². The SMILES string of the molecule is CCOC(=O)Cn1cc(/C=C2/C(C)=C(C#N)c3nc(N)c(C#N)c(C)c32)c2ccccc21. The van der Waals surface area contributed by atoms with Crippen LogP contribution in [0.5, 0.6) is 0 Å². The second kappa shape index (κ2) is 8.05. The number of anilines is 1. The highest BCUT2D eigenvalue weighted by molar-refractivity contribution is 6.10. The number of esters is 1. The second-order valence-electron chi connectivity index (χ2n) is 7.54. The van der Waals surface area contributed by atoms with Gasteiger partial charge in [0.2, 0.25) is 0 Å². The van der Waals surface area contributed by atoms with E-state index < -0.39 is 0 Å². The molecule has 2 aromatic heterocycles. The van der Waals surface area contributed by atoms with Crippen molar-refractivity contribution < 1.29 is 9.53 Å². The summed E-state index contributed by atoms with van der Waals surface area (Å²) in [5, 5.41) is 20.3. The fourth-order valence-electron chi connectivity index (χ4n) is 4.22. The highest BCUT2D eigenvalue weighted by Crippen LogP contribution is 2.44. The number of nitrogens with two attached hydrogens (primary N) is 1. The minimum atomic E-state index is -0.310. The first-order valence-electron chi connectivity index (χ1n) is 10.2. The Balaban J connectivity index is 1.95. The van der Waals surface area contributed by atoms with E-state index in [2.05, 4.69) is 17.1 Å². The molecule has 0 unspecified atom stereocenters. The summed E-state index contributed by atoms with van der Waals surface area (Å²) in [5.41, 5.74) is 12.1. The molecule has 0 saturated heterocycles. The van der Waals surface area contributed by atoms with E-state index in [9.17, 15) is 15.3 Å². The minimum Gasteiger partial charge on any atom is -0.465 e. The molecule has 1 aliphatic carbocycles. The van der Waals surface area contributed by atoms with Crippen LogP contribution in [0.15, 0.2) is 36.0 Å². The maximum Gasteiger partial charge on any atom is 0.325 e. The summed E-state index contributed by atoms with van der Waals surface area (Å²) >= 11 is 0. The molecule has 1 aliphatic rings. The fourth-order valence-corrected chi connectivity index (χ4v) is 4.22. The number of carbonyl (C=O) groups is 1. The van der Waals surface area contributed by atoms with Gasteiger partial charge in [0.25, 0.3) is 0 Å². The van der Waals surface area contributed by atoms with Crippen molar-refractivity contribution in [1.82, 2.24) is 9.55 Å². The lowest BCUT2D eigenvalue weighted by atomic mass is 9.95. The standard InChI is InChI=1S/C25H21N5O2/c1-4-32-22(31)13-30-12-16(17-7-5-6-8-21(17)30)9-18-14(2)19(10-26)24-23(18)15(3)20(11-27)25(28)29-24/h5-9,12H,4,13H2,1-3H3,(H2,28,29)/b18-9-. The molecule has 32 heavy (non-hydrogen) atoms. The van der Waals surface area contributed by atoms with Gasteiger partial charge in [0.05, 0.1) is 23.4 Å². The Morgan fingerprint density at radius 1 is 1.25 bits per heavy atom. The third-order valence-corrected chi connectivity index (χ3v) is 5.71. The second-order valence-corrected chi connectivity index (χ2v) is 7.54. The number of hydrogen-bond acceptors (Lipinski definition) is 6. The third kappa shape index (κ3) is 3.21. The molecular weight excluding hydrogens is 402 g/mol. The number of hydrogen-bond donors (Lipinski definition) is 1. The lowest BCUT2D eigenvalue weighted by Crippen LogP contribution is -2.12. The van der Waals surface area contributed by atoms with Crippen LogP contribution in [0.1, 0.15) is 41.8 Å². The summed E-state index contributed by atoms with van der Waals surface area (Å²) < 4.78 is 6.97. The number of rotatable bonds is 4. The summed E-state index contributed by atoms with van der Waals surface area (Å²) in [4.78, 5) is 16.5. The number of fused-ring (bicyclic) bond motifs is 2. The maximum absolute atomic E-state index is 12.1. The molecule has 0 amide bonds. The van der Waals surface area contributed by atoms with Gasteiger partial charge in [-0.2, -0.15) is 10.5 Å². The molecule has 4 rings (SSSR count). The lowest BCUT2D eigenvalue weighted by molar-refractivity contribution is -0.143. The van der Waals surface area contributed by atoms with Gasteiger partial charge in [-0.15, -0.1) is 0 Å². The summed E-state index contributed by atoms with van der Waals surface area (Å²) in [6.45, 7) is 5.89. The molecule has 0 bridgehead atoms. The molecule has 0 aliphatic heterocycles. The van der Waals surface area contributed by atoms with Crippen molar-refractivity contribution in [3.63, 3.8) is 0 Å². The molecule has 0 atom stereocenters. The van der Waals surface area contributed by atoms with Gasteiger partial charge in [-0.1, -0.05) is 18.2 Å². The van der Waals surface area contributed by atoms with E-state index in [1.165, 1.54) is 0 Å². The highest BCUT2D eigenvalue weighted by atomic mass is 16.5. The summed E-state index contributed by atoms with van der Waals surface area (Å²) in [5.74, 6) is -0.188. The number of nitrogen functional groups attached to an aromatic ring is 1. The van der Waals surface area contributed by atoms with E-state index in [1.54, 1.807) is 6.92 Å². The zero-order valence-corrected chi connectivity index (χ0v) is 18.1. The number of ether oxygens (including phenoxy) is 1. The normalized spacial score (nSPS) is 13.8. The van der Waals surface area contributed by atoms with Crippen LogP contribution in [-0.4, -0.2) is 22.1 Å². The molecule has 158 valence electrons. The number of pyridine rings is 1. The van der Waals surface area contributed by atoms with E-state index in [-0.39, 0.29) is 18.3 Å². The Morgan fingerprint density at radius 2 is 2.00 bits per heavy atom. The van der Waals surface area contributed by atoms with E-state index >= 15 is 0 Å². The molecule has 1 aromatic carbocycles. The van der Waals surface area contributed by atoms with Crippen molar-refractivity contribution >= 4 is 39.9 Å². The van der Waals surface area contributed by atoms with E-state index in [4.69, 9.17) is 10.5 Å². The Hall–Kier alpha value is -4.36. The van der Waals surface area contributed by atoms with E-state index in [1.807, 2.05) is 55.0 Å². The minimum absolute atomic E-state index is 0.0993. The molecular formula is C25H21N5O2.